The Bertz CT molecular complexity index is 108. The van der Waals surface area contributed by atoms with Crippen molar-refractivity contribution in [3.05, 3.63) is 0 Å². The number of rotatable bonds is 1. The fraction of sp³-hybridized carbons (Fsp3) is 0.833. The van der Waals surface area contributed by atoms with Gasteiger partial charge in [0.25, 0.3) is 0 Å². The minimum Gasteiger partial charge on any atom is -0.550 e. The molecule has 0 amide bonds. The monoisotopic (exact) mass is 128 g/mol. The molecule has 0 saturated carbocycles. The molecule has 1 heterocycles. The molecule has 0 aromatic heterocycles. The van der Waals surface area contributed by atoms with Gasteiger partial charge in [0.1, 0.15) is 0 Å². The molecule has 0 aromatic carbocycles. The molecule has 1 aliphatic rings. The van der Waals surface area contributed by atoms with Gasteiger partial charge in [0.05, 0.1) is 0 Å². The highest BCUT2D eigenvalue weighted by molar-refractivity contribution is 5.67. The second-order valence-electron chi connectivity index (χ2n) is 2.34. The number of carboxylic acids is 1. The van der Waals surface area contributed by atoms with Crippen LogP contribution in [0.4, 0.5) is 0 Å². The summed E-state index contributed by atoms with van der Waals surface area (Å²) in [5.74, 6) is -1.09. The first kappa shape index (κ1) is 6.55. The van der Waals surface area contributed by atoms with Gasteiger partial charge in [-0.1, -0.05) is 0 Å². The third-order valence-electron chi connectivity index (χ3n) is 1.67. The minimum absolute atomic E-state index is 0.203. The molecule has 0 radical (unpaired) electrons. The molecule has 1 N–H and O–H groups in total. The van der Waals surface area contributed by atoms with Crippen LogP contribution in [0.1, 0.15) is 12.8 Å². The van der Waals surface area contributed by atoms with Crippen molar-refractivity contribution in [1.29, 1.82) is 0 Å². The van der Waals surface area contributed by atoms with Crippen molar-refractivity contribution in [3.63, 3.8) is 0 Å². The predicted octanol–water partition coefficient (Wildman–Crippen LogP) is -1.26. The van der Waals surface area contributed by atoms with Crippen molar-refractivity contribution in [2.24, 2.45) is 5.92 Å². The summed E-state index contributed by atoms with van der Waals surface area (Å²) in [6, 6.07) is 0. The van der Waals surface area contributed by atoms with Crippen LogP contribution in [0.2, 0.25) is 0 Å². The van der Waals surface area contributed by atoms with Crippen LogP contribution < -0.4 is 10.4 Å². The van der Waals surface area contributed by atoms with Gasteiger partial charge in [-0.15, -0.1) is 0 Å². The Kier molecular flexibility index (Phi) is 2.05. The van der Waals surface area contributed by atoms with E-state index in [9.17, 15) is 9.90 Å². The number of hydrogen-bond acceptors (Lipinski definition) is 3. The molecule has 0 aromatic rings. The number of aliphatic carboxylic acids is 1. The van der Waals surface area contributed by atoms with Crippen molar-refractivity contribution in [3.8, 4) is 0 Å². The number of carbonyl (C=O) groups excluding carboxylic acids is 1. The van der Waals surface area contributed by atoms with Gasteiger partial charge >= 0.3 is 0 Å². The van der Waals surface area contributed by atoms with Crippen molar-refractivity contribution in [2.45, 2.75) is 12.8 Å². The molecule has 0 aliphatic carbocycles. The van der Waals surface area contributed by atoms with Crippen LogP contribution in [0.5, 0.6) is 0 Å². The van der Waals surface area contributed by atoms with Crippen molar-refractivity contribution < 1.29 is 9.90 Å². The Morgan fingerprint density at radius 3 is 2.33 bits per heavy atom. The second-order valence-corrected chi connectivity index (χ2v) is 2.34. The lowest BCUT2D eigenvalue weighted by molar-refractivity contribution is -0.312. The summed E-state index contributed by atoms with van der Waals surface area (Å²) in [6.07, 6.45) is 1.45. The van der Waals surface area contributed by atoms with Crippen molar-refractivity contribution >= 4 is 5.97 Å². The molecular formula is C6H10NO2-. The van der Waals surface area contributed by atoms with Gasteiger partial charge < -0.3 is 15.2 Å². The molecule has 0 unspecified atom stereocenters. The van der Waals surface area contributed by atoms with E-state index in [4.69, 9.17) is 0 Å². The lowest BCUT2D eigenvalue weighted by atomic mass is 9.99. The fourth-order valence-electron chi connectivity index (χ4n) is 1.06. The molecule has 1 rings (SSSR count). The summed E-state index contributed by atoms with van der Waals surface area (Å²) in [4.78, 5) is 10.2. The summed E-state index contributed by atoms with van der Waals surface area (Å²) < 4.78 is 0. The molecule has 1 fully saturated rings. The van der Waals surface area contributed by atoms with E-state index in [1.54, 1.807) is 0 Å². The third-order valence-corrected chi connectivity index (χ3v) is 1.67. The third kappa shape index (κ3) is 1.68. The number of nitrogens with one attached hydrogen (secondary N) is 1. The maximum Gasteiger partial charge on any atom is 0.0446 e. The van der Waals surface area contributed by atoms with Crippen LogP contribution in [-0.4, -0.2) is 19.1 Å². The first-order chi connectivity index (χ1) is 4.30. The molecule has 0 atom stereocenters. The zero-order valence-electron chi connectivity index (χ0n) is 5.22. The Balaban J connectivity index is 2.31. The molecule has 0 spiro atoms. The van der Waals surface area contributed by atoms with Gasteiger partial charge in [-0.3, -0.25) is 0 Å². The summed E-state index contributed by atoms with van der Waals surface area (Å²) in [5, 5.41) is 13.3. The average molecular weight is 128 g/mol. The standard InChI is InChI=1S/C6H11NO2/c8-6(9)5-1-3-7-4-2-5/h5,7H,1-4H2,(H,8,9)/p-1. The van der Waals surface area contributed by atoms with E-state index in [1.807, 2.05) is 0 Å². The van der Waals surface area contributed by atoms with E-state index in [1.165, 1.54) is 0 Å². The van der Waals surface area contributed by atoms with E-state index < -0.39 is 5.97 Å². The number of carboxylic acid groups (broad SMARTS) is 1. The fourth-order valence-corrected chi connectivity index (χ4v) is 1.06. The predicted molar refractivity (Wildman–Crippen MR) is 30.6 cm³/mol. The first-order valence-corrected chi connectivity index (χ1v) is 3.22. The van der Waals surface area contributed by atoms with Crippen LogP contribution in [0.3, 0.4) is 0 Å². The molecule has 1 aliphatic heterocycles. The van der Waals surface area contributed by atoms with Crippen LogP contribution in [-0.2, 0) is 4.79 Å². The van der Waals surface area contributed by atoms with Gasteiger partial charge in [0.2, 0.25) is 0 Å². The maximum absolute atomic E-state index is 10.2. The van der Waals surface area contributed by atoms with E-state index in [-0.39, 0.29) is 5.92 Å². The minimum atomic E-state index is -0.892. The number of hydrogen-bond donors (Lipinski definition) is 1. The largest absolute Gasteiger partial charge is 0.550 e. The van der Waals surface area contributed by atoms with Crippen LogP contribution in [0.25, 0.3) is 0 Å². The molecular weight excluding hydrogens is 118 g/mol. The summed E-state index contributed by atoms with van der Waals surface area (Å²) >= 11 is 0. The van der Waals surface area contributed by atoms with Gasteiger partial charge in [-0.2, -0.15) is 0 Å². The molecule has 0 bridgehead atoms. The van der Waals surface area contributed by atoms with E-state index in [0.717, 1.165) is 25.9 Å². The van der Waals surface area contributed by atoms with Crippen LogP contribution in [0, 0.1) is 5.92 Å². The van der Waals surface area contributed by atoms with Gasteiger partial charge in [-0.05, 0) is 25.9 Å². The zero-order chi connectivity index (χ0) is 6.69. The maximum atomic E-state index is 10.2. The lowest BCUT2D eigenvalue weighted by Gasteiger charge is -2.22. The highest BCUT2D eigenvalue weighted by Crippen LogP contribution is 2.09. The number of piperidine rings is 1. The lowest BCUT2D eigenvalue weighted by Crippen LogP contribution is -2.38. The molecule has 3 heteroatoms. The van der Waals surface area contributed by atoms with Gasteiger partial charge in [0.15, 0.2) is 0 Å². The van der Waals surface area contributed by atoms with Gasteiger partial charge in [0, 0.05) is 11.9 Å². The van der Waals surface area contributed by atoms with E-state index in [2.05, 4.69) is 5.32 Å². The highest BCUT2D eigenvalue weighted by Gasteiger charge is 2.12. The van der Waals surface area contributed by atoms with Crippen molar-refractivity contribution in [2.75, 3.05) is 13.1 Å². The normalized spacial score (nSPS) is 21.8. The first-order valence-electron chi connectivity index (χ1n) is 3.22. The Morgan fingerprint density at radius 1 is 1.44 bits per heavy atom. The molecule has 52 valence electrons. The zero-order valence-corrected chi connectivity index (χ0v) is 5.22. The SMILES string of the molecule is O=C([O-])C1CCNCC1. The highest BCUT2D eigenvalue weighted by atomic mass is 16.4. The van der Waals surface area contributed by atoms with Crippen LogP contribution in [0.15, 0.2) is 0 Å². The Hall–Kier alpha value is -0.570. The summed E-state index contributed by atoms with van der Waals surface area (Å²) in [5.41, 5.74) is 0. The molecule has 3 nitrogen and oxygen atoms in total. The smallest absolute Gasteiger partial charge is 0.0446 e. The quantitative estimate of drug-likeness (QED) is 0.479. The Morgan fingerprint density at radius 2 is 2.00 bits per heavy atom. The number of carbonyl (C=O) groups is 1. The van der Waals surface area contributed by atoms with E-state index in [0.29, 0.717) is 0 Å². The van der Waals surface area contributed by atoms with Gasteiger partial charge in [-0.25, -0.2) is 0 Å². The van der Waals surface area contributed by atoms with Crippen molar-refractivity contribution in [1.82, 2.24) is 5.32 Å². The molecule has 1 saturated heterocycles. The van der Waals surface area contributed by atoms with E-state index >= 15 is 0 Å². The second kappa shape index (κ2) is 2.82. The molecule has 9 heavy (non-hydrogen) atoms. The summed E-state index contributed by atoms with van der Waals surface area (Å²) in [6.45, 7) is 1.64. The van der Waals surface area contributed by atoms with Crippen LogP contribution >= 0.6 is 0 Å². The summed E-state index contributed by atoms with van der Waals surface area (Å²) in [7, 11) is 0. The topological polar surface area (TPSA) is 52.2 Å². The average Bonchev–Trinajstić information content (AvgIpc) is 1.90. The Labute approximate surface area is 54.1 Å².